The van der Waals surface area contributed by atoms with Gasteiger partial charge in [-0.3, -0.25) is 0 Å². The first-order chi connectivity index (χ1) is 11.6. The van der Waals surface area contributed by atoms with Crippen molar-refractivity contribution < 1.29 is 14.3 Å². The van der Waals surface area contributed by atoms with Gasteiger partial charge in [-0.1, -0.05) is 0 Å². The number of rotatable bonds is 7. The van der Waals surface area contributed by atoms with Crippen molar-refractivity contribution >= 4 is 29.8 Å². The Labute approximate surface area is 149 Å². The van der Waals surface area contributed by atoms with Crippen LogP contribution < -0.4 is 18.4 Å². The van der Waals surface area contributed by atoms with Crippen molar-refractivity contribution in [3.05, 3.63) is 48.0 Å². The summed E-state index contributed by atoms with van der Waals surface area (Å²) in [6, 6.07) is 13.7. The molecule has 24 heavy (non-hydrogen) atoms. The second-order valence-electron chi connectivity index (χ2n) is 5.12. The normalized spacial score (nSPS) is 10.3. The molecule has 0 aliphatic rings. The molecular formula is C19H23NO3Se. The van der Waals surface area contributed by atoms with E-state index in [1.165, 1.54) is 0 Å². The maximum absolute atomic E-state index is 12.8. The molecule has 0 fully saturated rings. The predicted molar refractivity (Wildman–Crippen MR) is 98.3 cm³/mol. The average molecular weight is 392 g/mol. The number of carbonyl (C=O) groups is 1. The summed E-state index contributed by atoms with van der Waals surface area (Å²) in [5, 5.41) is 0. The van der Waals surface area contributed by atoms with Gasteiger partial charge in [0.15, 0.2) is 0 Å². The molecule has 0 heterocycles. The molecule has 2 aromatic carbocycles. The number of nitrogens with zero attached hydrogens (tertiary/aromatic N) is 1. The topological polar surface area (TPSA) is 38.8 Å². The Morgan fingerprint density at radius 3 is 2.29 bits per heavy atom. The standard InChI is InChI=1S/C19H23NO3Se/c1-5-20(6-2)19(21)17-11-10-15(23-4)13-18(17)24-16-9-7-8-14(12-16)22-3/h7-13H,5-6H2,1-4H3. The van der Waals surface area contributed by atoms with Crippen LogP contribution in [0.15, 0.2) is 42.5 Å². The first-order valence-electron chi connectivity index (χ1n) is 7.92. The van der Waals surface area contributed by atoms with E-state index in [1.807, 2.05) is 55.1 Å². The average Bonchev–Trinajstić information content (AvgIpc) is 2.62. The van der Waals surface area contributed by atoms with Crippen molar-refractivity contribution in [2.24, 2.45) is 0 Å². The monoisotopic (exact) mass is 393 g/mol. The molecule has 128 valence electrons. The molecule has 2 rings (SSSR count). The van der Waals surface area contributed by atoms with Crippen LogP contribution in [0, 0.1) is 0 Å². The summed E-state index contributed by atoms with van der Waals surface area (Å²) < 4.78 is 12.8. The van der Waals surface area contributed by atoms with Crippen LogP contribution in [0.4, 0.5) is 0 Å². The Balaban J connectivity index is 2.40. The van der Waals surface area contributed by atoms with E-state index in [0.717, 1.165) is 26.0 Å². The SMILES string of the molecule is CCN(CC)C(=O)c1ccc(OC)cc1[Se]c1cccc(OC)c1. The molecule has 0 aromatic heterocycles. The second-order valence-corrected chi connectivity index (χ2v) is 7.46. The molecule has 0 spiro atoms. The van der Waals surface area contributed by atoms with Crippen LogP contribution >= 0.6 is 0 Å². The molecule has 0 aliphatic heterocycles. The Hall–Kier alpha value is -1.97. The summed E-state index contributed by atoms with van der Waals surface area (Å²) in [5.41, 5.74) is 0.752. The number of hydrogen-bond donors (Lipinski definition) is 0. The van der Waals surface area contributed by atoms with Crippen molar-refractivity contribution in [3.8, 4) is 11.5 Å². The van der Waals surface area contributed by atoms with Gasteiger partial charge >= 0.3 is 150 Å². The molecular weight excluding hydrogens is 369 g/mol. The molecule has 5 heteroatoms. The van der Waals surface area contributed by atoms with Crippen molar-refractivity contribution in [2.45, 2.75) is 13.8 Å². The number of hydrogen-bond acceptors (Lipinski definition) is 3. The minimum absolute atomic E-state index is 0.0127. The van der Waals surface area contributed by atoms with Crippen molar-refractivity contribution in [1.29, 1.82) is 0 Å². The van der Waals surface area contributed by atoms with E-state index in [4.69, 9.17) is 9.47 Å². The molecule has 0 aliphatic carbocycles. The van der Waals surface area contributed by atoms with Crippen LogP contribution in [-0.4, -0.2) is 53.1 Å². The maximum atomic E-state index is 12.8. The van der Waals surface area contributed by atoms with Crippen LogP contribution in [-0.2, 0) is 0 Å². The first-order valence-corrected chi connectivity index (χ1v) is 9.63. The summed E-state index contributed by atoms with van der Waals surface area (Å²) in [7, 11) is 3.30. The number of ether oxygens (including phenoxy) is 2. The summed E-state index contributed by atoms with van der Waals surface area (Å²) in [6.07, 6.45) is 0. The third-order valence-corrected chi connectivity index (χ3v) is 5.94. The van der Waals surface area contributed by atoms with Gasteiger partial charge in [0, 0.05) is 0 Å². The van der Waals surface area contributed by atoms with Gasteiger partial charge < -0.3 is 0 Å². The fourth-order valence-electron chi connectivity index (χ4n) is 2.36. The van der Waals surface area contributed by atoms with Gasteiger partial charge in [-0.15, -0.1) is 0 Å². The fourth-order valence-corrected chi connectivity index (χ4v) is 4.50. The number of carbonyl (C=O) groups excluding carboxylic acids is 1. The van der Waals surface area contributed by atoms with Crippen molar-refractivity contribution in [3.63, 3.8) is 0 Å². The van der Waals surface area contributed by atoms with Crippen LogP contribution in [0.1, 0.15) is 24.2 Å². The zero-order valence-corrected chi connectivity index (χ0v) is 16.2. The van der Waals surface area contributed by atoms with Gasteiger partial charge in [0.25, 0.3) is 0 Å². The molecule has 0 unspecified atom stereocenters. The van der Waals surface area contributed by atoms with E-state index in [0.29, 0.717) is 13.1 Å². The molecule has 0 saturated carbocycles. The molecule has 1 amide bonds. The predicted octanol–water partition coefficient (Wildman–Crippen LogP) is 1.84. The van der Waals surface area contributed by atoms with E-state index >= 15 is 0 Å². The van der Waals surface area contributed by atoms with Crippen LogP contribution in [0.5, 0.6) is 11.5 Å². The molecule has 0 bridgehead atoms. The molecule has 0 radical (unpaired) electrons. The molecule has 0 N–H and O–H groups in total. The molecule has 0 saturated heterocycles. The van der Waals surface area contributed by atoms with Crippen molar-refractivity contribution in [2.75, 3.05) is 27.3 Å². The summed E-state index contributed by atoms with van der Waals surface area (Å²) in [4.78, 5) is 14.7. The quantitative estimate of drug-likeness (QED) is 0.675. The van der Waals surface area contributed by atoms with Gasteiger partial charge in [-0.2, -0.15) is 0 Å². The van der Waals surface area contributed by atoms with Crippen LogP contribution in [0.25, 0.3) is 0 Å². The van der Waals surface area contributed by atoms with E-state index in [1.54, 1.807) is 14.2 Å². The van der Waals surface area contributed by atoms with E-state index < -0.39 is 0 Å². The number of benzene rings is 2. The first kappa shape index (κ1) is 18.4. The Kier molecular flexibility index (Phi) is 6.71. The Morgan fingerprint density at radius 1 is 1.00 bits per heavy atom. The fraction of sp³-hybridized carbons (Fsp3) is 0.316. The Bertz CT molecular complexity index is 699. The minimum atomic E-state index is -0.0127. The third-order valence-electron chi connectivity index (χ3n) is 3.74. The van der Waals surface area contributed by atoms with Gasteiger partial charge in [0.05, 0.1) is 0 Å². The summed E-state index contributed by atoms with van der Waals surface area (Å²) in [5.74, 6) is 1.67. The van der Waals surface area contributed by atoms with Crippen LogP contribution in [0.3, 0.4) is 0 Å². The Morgan fingerprint density at radius 2 is 1.67 bits per heavy atom. The van der Waals surface area contributed by atoms with E-state index in [9.17, 15) is 4.79 Å². The van der Waals surface area contributed by atoms with E-state index in [-0.39, 0.29) is 20.9 Å². The number of methoxy groups -OCH3 is 2. The van der Waals surface area contributed by atoms with Crippen molar-refractivity contribution in [1.82, 2.24) is 4.90 Å². The van der Waals surface area contributed by atoms with Gasteiger partial charge in [0.2, 0.25) is 0 Å². The zero-order chi connectivity index (χ0) is 17.5. The second kappa shape index (κ2) is 8.76. The molecule has 0 atom stereocenters. The molecule has 4 nitrogen and oxygen atoms in total. The van der Waals surface area contributed by atoms with Gasteiger partial charge in [0.1, 0.15) is 0 Å². The molecule has 2 aromatic rings. The third kappa shape index (κ3) is 4.31. The van der Waals surface area contributed by atoms with Crippen LogP contribution in [0.2, 0.25) is 0 Å². The van der Waals surface area contributed by atoms with Gasteiger partial charge in [-0.05, 0) is 0 Å². The summed E-state index contributed by atoms with van der Waals surface area (Å²) >= 11 is -0.0127. The summed E-state index contributed by atoms with van der Waals surface area (Å²) in [6.45, 7) is 5.40. The van der Waals surface area contributed by atoms with E-state index in [2.05, 4.69) is 6.07 Å². The zero-order valence-electron chi connectivity index (χ0n) is 14.5. The number of amides is 1. The van der Waals surface area contributed by atoms with Gasteiger partial charge in [-0.25, -0.2) is 0 Å².